The minimum absolute atomic E-state index is 0.330. The summed E-state index contributed by atoms with van der Waals surface area (Å²) in [4.78, 5) is 8.40. The molecular weight excluding hydrogens is 226 g/mol. The Kier molecular flexibility index (Phi) is 3.46. The van der Waals surface area contributed by atoms with Crippen molar-refractivity contribution in [1.29, 1.82) is 0 Å². The quantitative estimate of drug-likeness (QED) is 0.814. The van der Waals surface area contributed by atoms with E-state index in [1.54, 1.807) is 12.3 Å². The fraction of sp³-hybridized carbons (Fsp3) is 0.286. The molecule has 0 aliphatic heterocycles. The molecule has 0 amide bonds. The Morgan fingerprint density at radius 1 is 1.17 bits per heavy atom. The summed E-state index contributed by atoms with van der Waals surface area (Å²) in [6.07, 6.45) is 1.76. The van der Waals surface area contributed by atoms with Crippen LogP contribution in [0.25, 0.3) is 0 Å². The van der Waals surface area contributed by atoms with Gasteiger partial charge >= 0.3 is 0 Å². The van der Waals surface area contributed by atoms with Gasteiger partial charge in [0.05, 0.1) is 12.2 Å². The molecule has 4 heteroatoms. The fourth-order valence-electron chi connectivity index (χ4n) is 1.78. The largest absolute Gasteiger partial charge is 0.508 e. The van der Waals surface area contributed by atoms with E-state index in [1.165, 1.54) is 0 Å². The first-order valence-electron chi connectivity index (χ1n) is 5.89. The number of nitrogens with one attached hydrogen (secondary N) is 1. The topological polar surface area (TPSA) is 58.0 Å². The highest BCUT2D eigenvalue weighted by atomic mass is 16.3. The summed E-state index contributed by atoms with van der Waals surface area (Å²) in [7, 11) is 0. The standard InChI is InChI=1S/C14H17N3O/c1-9-7-14(18)10(2)6-13(9)16-8-12-4-5-15-11(3)17-12/h4-7,16,18H,8H2,1-3H3. The molecule has 18 heavy (non-hydrogen) atoms. The molecule has 0 saturated carbocycles. The third-order valence-electron chi connectivity index (χ3n) is 2.84. The second-order valence-corrected chi connectivity index (χ2v) is 4.40. The lowest BCUT2D eigenvalue weighted by atomic mass is 10.1. The van der Waals surface area contributed by atoms with Crippen molar-refractivity contribution in [2.45, 2.75) is 27.3 Å². The summed E-state index contributed by atoms with van der Waals surface area (Å²) in [5.74, 6) is 1.10. The first-order valence-corrected chi connectivity index (χ1v) is 5.89. The molecule has 0 spiro atoms. The van der Waals surface area contributed by atoms with Crippen LogP contribution in [0.2, 0.25) is 0 Å². The molecule has 2 N–H and O–H groups in total. The van der Waals surface area contributed by atoms with Gasteiger partial charge in [-0.05, 0) is 50.1 Å². The number of nitrogens with zero attached hydrogens (tertiary/aromatic N) is 2. The average molecular weight is 243 g/mol. The molecule has 0 radical (unpaired) electrons. The van der Waals surface area contributed by atoms with Crippen LogP contribution in [0.15, 0.2) is 24.4 Å². The molecule has 2 rings (SSSR count). The molecule has 2 aromatic rings. The maximum Gasteiger partial charge on any atom is 0.125 e. The van der Waals surface area contributed by atoms with Crippen molar-refractivity contribution in [2.24, 2.45) is 0 Å². The number of benzene rings is 1. The normalized spacial score (nSPS) is 10.4. The van der Waals surface area contributed by atoms with Gasteiger partial charge in [0, 0.05) is 11.9 Å². The summed E-state index contributed by atoms with van der Waals surface area (Å²) in [5.41, 5.74) is 3.85. The lowest BCUT2D eigenvalue weighted by molar-refractivity contribution is 0.471. The van der Waals surface area contributed by atoms with E-state index < -0.39 is 0 Å². The molecule has 94 valence electrons. The van der Waals surface area contributed by atoms with Crippen LogP contribution in [0.1, 0.15) is 22.6 Å². The molecule has 0 aliphatic carbocycles. The predicted molar refractivity (Wildman–Crippen MR) is 71.7 cm³/mol. The Bertz CT molecular complexity index is 567. The Hall–Kier alpha value is -2.10. The highest BCUT2D eigenvalue weighted by Gasteiger charge is 2.03. The van der Waals surface area contributed by atoms with Crippen molar-refractivity contribution in [3.05, 3.63) is 47.0 Å². The van der Waals surface area contributed by atoms with Crippen molar-refractivity contribution in [3.8, 4) is 5.75 Å². The number of rotatable bonds is 3. The highest BCUT2D eigenvalue weighted by molar-refractivity contribution is 5.56. The van der Waals surface area contributed by atoms with Crippen LogP contribution < -0.4 is 5.32 Å². The number of anilines is 1. The summed E-state index contributed by atoms with van der Waals surface area (Å²) in [6, 6.07) is 5.60. The minimum atomic E-state index is 0.330. The first-order chi connectivity index (χ1) is 8.56. The van der Waals surface area contributed by atoms with Gasteiger partial charge in [-0.3, -0.25) is 0 Å². The SMILES string of the molecule is Cc1nccc(CNc2cc(C)c(O)cc2C)n1. The van der Waals surface area contributed by atoms with E-state index in [9.17, 15) is 5.11 Å². The molecule has 4 nitrogen and oxygen atoms in total. The number of aromatic nitrogens is 2. The van der Waals surface area contributed by atoms with Crippen LogP contribution in [0.4, 0.5) is 5.69 Å². The zero-order valence-corrected chi connectivity index (χ0v) is 10.9. The lowest BCUT2D eigenvalue weighted by Gasteiger charge is -2.11. The van der Waals surface area contributed by atoms with Crippen LogP contribution in [0.3, 0.4) is 0 Å². The van der Waals surface area contributed by atoms with E-state index in [1.807, 2.05) is 32.9 Å². The monoisotopic (exact) mass is 243 g/mol. The fourth-order valence-corrected chi connectivity index (χ4v) is 1.78. The van der Waals surface area contributed by atoms with Crippen LogP contribution in [-0.2, 0) is 6.54 Å². The molecular formula is C14H17N3O. The Morgan fingerprint density at radius 2 is 1.94 bits per heavy atom. The molecule has 0 atom stereocenters. The van der Waals surface area contributed by atoms with Crippen molar-refractivity contribution >= 4 is 5.69 Å². The Morgan fingerprint density at radius 3 is 2.67 bits per heavy atom. The Labute approximate surface area is 107 Å². The number of aromatic hydroxyl groups is 1. The number of aryl methyl sites for hydroxylation is 3. The second kappa shape index (κ2) is 5.04. The Balaban J connectivity index is 2.13. The van der Waals surface area contributed by atoms with Crippen LogP contribution >= 0.6 is 0 Å². The van der Waals surface area contributed by atoms with Crippen molar-refractivity contribution in [3.63, 3.8) is 0 Å². The third kappa shape index (κ3) is 2.77. The highest BCUT2D eigenvalue weighted by Crippen LogP contribution is 2.25. The maximum atomic E-state index is 9.60. The summed E-state index contributed by atoms with van der Waals surface area (Å²) >= 11 is 0. The van der Waals surface area contributed by atoms with Gasteiger partial charge in [0.1, 0.15) is 11.6 Å². The van der Waals surface area contributed by atoms with Crippen LogP contribution in [0.5, 0.6) is 5.75 Å². The van der Waals surface area contributed by atoms with Crippen molar-refractivity contribution in [2.75, 3.05) is 5.32 Å². The first kappa shape index (κ1) is 12.4. The zero-order chi connectivity index (χ0) is 13.1. The average Bonchev–Trinajstić information content (AvgIpc) is 2.32. The van der Waals surface area contributed by atoms with E-state index >= 15 is 0 Å². The molecule has 0 saturated heterocycles. The number of hydrogen-bond acceptors (Lipinski definition) is 4. The number of hydrogen-bond donors (Lipinski definition) is 2. The third-order valence-corrected chi connectivity index (χ3v) is 2.84. The molecule has 0 bridgehead atoms. The molecule has 1 aromatic heterocycles. The van der Waals surface area contributed by atoms with Crippen molar-refractivity contribution < 1.29 is 5.11 Å². The van der Waals surface area contributed by atoms with Gasteiger partial charge in [0.15, 0.2) is 0 Å². The molecule has 0 aliphatic rings. The van der Waals surface area contributed by atoms with E-state index in [4.69, 9.17) is 0 Å². The van der Waals surface area contributed by atoms with Gasteiger partial charge < -0.3 is 10.4 Å². The van der Waals surface area contributed by atoms with Gasteiger partial charge in [0.2, 0.25) is 0 Å². The van der Waals surface area contributed by atoms with Gasteiger partial charge in [-0.1, -0.05) is 0 Å². The summed E-state index contributed by atoms with van der Waals surface area (Å²) < 4.78 is 0. The summed E-state index contributed by atoms with van der Waals surface area (Å²) in [5, 5.41) is 12.9. The minimum Gasteiger partial charge on any atom is -0.508 e. The van der Waals surface area contributed by atoms with Gasteiger partial charge in [-0.15, -0.1) is 0 Å². The smallest absolute Gasteiger partial charge is 0.125 e. The van der Waals surface area contributed by atoms with Gasteiger partial charge in [-0.25, -0.2) is 9.97 Å². The van der Waals surface area contributed by atoms with E-state index in [2.05, 4.69) is 15.3 Å². The van der Waals surface area contributed by atoms with Gasteiger partial charge in [0.25, 0.3) is 0 Å². The number of phenols is 1. The lowest BCUT2D eigenvalue weighted by Crippen LogP contribution is -2.04. The zero-order valence-electron chi connectivity index (χ0n) is 10.9. The van der Waals surface area contributed by atoms with E-state index in [0.717, 1.165) is 28.3 Å². The molecule has 1 aromatic carbocycles. The summed E-state index contributed by atoms with van der Waals surface area (Å²) in [6.45, 7) is 6.37. The van der Waals surface area contributed by atoms with Gasteiger partial charge in [-0.2, -0.15) is 0 Å². The van der Waals surface area contributed by atoms with Crippen LogP contribution in [0, 0.1) is 20.8 Å². The molecule has 0 fully saturated rings. The second-order valence-electron chi connectivity index (χ2n) is 4.40. The van der Waals surface area contributed by atoms with E-state index in [0.29, 0.717) is 12.3 Å². The number of phenolic OH excluding ortho intramolecular Hbond substituents is 1. The molecule has 0 unspecified atom stereocenters. The van der Waals surface area contributed by atoms with Crippen molar-refractivity contribution in [1.82, 2.24) is 9.97 Å². The van der Waals surface area contributed by atoms with E-state index in [-0.39, 0.29) is 0 Å². The van der Waals surface area contributed by atoms with Crippen LogP contribution in [-0.4, -0.2) is 15.1 Å². The predicted octanol–water partition coefficient (Wildman–Crippen LogP) is 2.72. The maximum absolute atomic E-state index is 9.60. The molecule has 1 heterocycles.